The van der Waals surface area contributed by atoms with Crippen molar-refractivity contribution in [2.24, 2.45) is 0 Å². The number of esters is 1. The van der Waals surface area contributed by atoms with Crippen molar-refractivity contribution in [2.75, 3.05) is 11.9 Å². The fourth-order valence-electron chi connectivity index (χ4n) is 1.46. The Morgan fingerprint density at radius 2 is 2.30 bits per heavy atom. The Morgan fingerprint density at radius 1 is 1.50 bits per heavy atom. The van der Waals surface area contributed by atoms with E-state index >= 15 is 0 Å². The number of hydrogen-bond donors (Lipinski definition) is 1. The van der Waals surface area contributed by atoms with Crippen LogP contribution in [0.1, 0.15) is 21.7 Å². The van der Waals surface area contributed by atoms with Crippen LogP contribution in [0.5, 0.6) is 0 Å². The minimum Gasteiger partial charge on any atom is -0.469 e. The number of aryl methyl sites for hydroxylation is 1. The van der Waals surface area contributed by atoms with E-state index in [2.05, 4.69) is 5.32 Å². The summed E-state index contributed by atoms with van der Waals surface area (Å²) in [4.78, 5) is 23.3. The van der Waals surface area contributed by atoms with Gasteiger partial charge in [0.05, 0.1) is 11.8 Å². The van der Waals surface area contributed by atoms with Gasteiger partial charge in [-0.2, -0.15) is 5.26 Å². The number of thiophene rings is 1. The summed E-state index contributed by atoms with van der Waals surface area (Å²) in [6.45, 7) is 1.20. The highest BCUT2D eigenvalue weighted by Crippen LogP contribution is 2.21. The molecule has 0 aromatic carbocycles. The summed E-state index contributed by atoms with van der Waals surface area (Å²) in [5, 5.41) is 13.4. The van der Waals surface area contributed by atoms with E-state index in [-0.39, 0.29) is 5.56 Å². The topological polar surface area (TPSA) is 92.3 Å². The second-order valence-electron chi connectivity index (χ2n) is 3.79. The third-order valence-corrected chi connectivity index (χ3v) is 3.28. The van der Waals surface area contributed by atoms with Crippen LogP contribution in [0, 0.1) is 18.3 Å². The molecule has 0 saturated carbocycles. The fraction of sp³-hybridized carbons (Fsp3) is 0.154. The minimum absolute atomic E-state index is 0.284. The van der Waals surface area contributed by atoms with Gasteiger partial charge in [0.2, 0.25) is 0 Å². The number of ether oxygens (including phenoxy) is 1. The van der Waals surface area contributed by atoms with Gasteiger partial charge in [0, 0.05) is 0 Å². The summed E-state index contributed by atoms with van der Waals surface area (Å²) in [7, 11) is 0. The predicted octanol–water partition coefficient (Wildman–Crippen LogP) is 2.32. The molecule has 2 aromatic heterocycles. The highest BCUT2D eigenvalue weighted by atomic mass is 32.1. The van der Waals surface area contributed by atoms with Gasteiger partial charge in [-0.1, -0.05) is 0 Å². The van der Waals surface area contributed by atoms with Gasteiger partial charge in [0.25, 0.3) is 5.91 Å². The smallest absolute Gasteiger partial charge is 0.342 e. The Balaban J connectivity index is 1.89. The lowest BCUT2D eigenvalue weighted by Crippen LogP contribution is -2.20. The number of furan rings is 1. The summed E-state index contributed by atoms with van der Waals surface area (Å²) in [5.41, 5.74) is 0.659. The van der Waals surface area contributed by atoms with Gasteiger partial charge < -0.3 is 14.5 Å². The Bertz CT molecular complexity index is 681. The monoisotopic (exact) mass is 290 g/mol. The van der Waals surface area contributed by atoms with Crippen molar-refractivity contribution in [1.82, 2.24) is 0 Å². The number of nitriles is 1. The Labute approximate surface area is 118 Å². The van der Waals surface area contributed by atoms with E-state index in [4.69, 9.17) is 14.4 Å². The van der Waals surface area contributed by atoms with E-state index < -0.39 is 18.5 Å². The summed E-state index contributed by atoms with van der Waals surface area (Å²) in [6.07, 6.45) is 1.37. The number of nitrogens with one attached hydrogen (secondary N) is 1. The molecule has 7 heteroatoms. The van der Waals surface area contributed by atoms with Gasteiger partial charge in [-0.15, -0.1) is 11.3 Å². The molecule has 0 saturated heterocycles. The van der Waals surface area contributed by atoms with Crippen LogP contribution in [0.25, 0.3) is 0 Å². The average molecular weight is 290 g/mol. The SMILES string of the molecule is Cc1occc1C(=O)OCC(=O)Nc1sccc1C#N. The third kappa shape index (κ3) is 3.05. The van der Waals surface area contributed by atoms with E-state index in [0.717, 1.165) is 0 Å². The fourth-order valence-corrected chi connectivity index (χ4v) is 2.22. The van der Waals surface area contributed by atoms with Gasteiger partial charge in [-0.3, -0.25) is 4.79 Å². The molecule has 0 aliphatic heterocycles. The zero-order valence-corrected chi connectivity index (χ0v) is 11.3. The second-order valence-corrected chi connectivity index (χ2v) is 4.71. The van der Waals surface area contributed by atoms with E-state index in [9.17, 15) is 9.59 Å². The van der Waals surface area contributed by atoms with Crippen LogP contribution in [-0.4, -0.2) is 18.5 Å². The molecule has 2 rings (SSSR count). The predicted molar refractivity (Wildman–Crippen MR) is 71.4 cm³/mol. The van der Waals surface area contributed by atoms with Crippen molar-refractivity contribution in [1.29, 1.82) is 5.26 Å². The minimum atomic E-state index is -0.627. The average Bonchev–Trinajstić information content (AvgIpc) is 3.04. The molecule has 0 unspecified atom stereocenters. The van der Waals surface area contributed by atoms with Gasteiger partial charge >= 0.3 is 5.97 Å². The first kappa shape index (κ1) is 13.8. The lowest BCUT2D eigenvalue weighted by Gasteiger charge is -2.04. The maximum absolute atomic E-state index is 11.6. The first-order valence-electron chi connectivity index (χ1n) is 5.60. The number of amides is 1. The Hall–Kier alpha value is -2.59. The summed E-state index contributed by atoms with van der Waals surface area (Å²) in [5.74, 6) is -0.697. The Morgan fingerprint density at radius 3 is 2.95 bits per heavy atom. The van der Waals surface area contributed by atoms with Crippen LogP contribution in [0.3, 0.4) is 0 Å². The molecule has 0 aliphatic rings. The first-order chi connectivity index (χ1) is 9.61. The quantitative estimate of drug-likeness (QED) is 0.872. The Kier molecular flexibility index (Phi) is 4.17. The molecule has 2 aromatic rings. The van der Waals surface area contributed by atoms with E-state index in [0.29, 0.717) is 16.3 Å². The first-order valence-corrected chi connectivity index (χ1v) is 6.48. The van der Waals surface area contributed by atoms with Crippen molar-refractivity contribution in [3.8, 4) is 6.07 Å². The molecule has 20 heavy (non-hydrogen) atoms. The van der Waals surface area contributed by atoms with Crippen LogP contribution in [-0.2, 0) is 9.53 Å². The molecular weight excluding hydrogens is 280 g/mol. The van der Waals surface area contributed by atoms with Crippen LogP contribution in [0.2, 0.25) is 0 Å². The van der Waals surface area contributed by atoms with E-state index in [1.807, 2.05) is 6.07 Å². The van der Waals surface area contributed by atoms with Gasteiger partial charge in [-0.25, -0.2) is 4.79 Å². The van der Waals surface area contributed by atoms with Crippen LogP contribution in [0.15, 0.2) is 28.2 Å². The molecule has 0 spiro atoms. The van der Waals surface area contributed by atoms with Gasteiger partial charge in [0.15, 0.2) is 6.61 Å². The van der Waals surface area contributed by atoms with Crippen molar-refractivity contribution in [3.05, 3.63) is 40.7 Å². The van der Waals surface area contributed by atoms with Crippen molar-refractivity contribution in [3.63, 3.8) is 0 Å². The molecule has 0 radical (unpaired) electrons. The van der Waals surface area contributed by atoms with Crippen molar-refractivity contribution >= 4 is 28.2 Å². The normalized spacial score (nSPS) is 9.80. The number of hydrogen-bond acceptors (Lipinski definition) is 6. The maximum atomic E-state index is 11.6. The number of carbonyl (C=O) groups excluding carboxylic acids is 2. The van der Waals surface area contributed by atoms with E-state index in [1.54, 1.807) is 18.4 Å². The zero-order valence-electron chi connectivity index (χ0n) is 10.5. The van der Waals surface area contributed by atoms with E-state index in [1.165, 1.54) is 23.7 Å². The molecule has 6 nitrogen and oxygen atoms in total. The maximum Gasteiger partial charge on any atom is 0.342 e. The highest BCUT2D eigenvalue weighted by Gasteiger charge is 2.15. The number of rotatable bonds is 4. The van der Waals surface area contributed by atoms with Crippen LogP contribution < -0.4 is 5.32 Å². The number of anilines is 1. The lowest BCUT2D eigenvalue weighted by atomic mass is 10.3. The molecule has 1 N–H and O–H groups in total. The molecule has 0 atom stereocenters. The van der Waals surface area contributed by atoms with Crippen molar-refractivity contribution < 1.29 is 18.7 Å². The summed E-state index contributed by atoms with van der Waals surface area (Å²) >= 11 is 1.23. The van der Waals surface area contributed by atoms with Gasteiger partial charge in [0.1, 0.15) is 22.4 Å². The molecule has 0 bridgehead atoms. The molecule has 0 fully saturated rings. The van der Waals surface area contributed by atoms with Gasteiger partial charge in [-0.05, 0) is 24.4 Å². The molecular formula is C13H10N2O4S. The van der Waals surface area contributed by atoms with Crippen molar-refractivity contribution in [2.45, 2.75) is 6.92 Å². The second kappa shape index (κ2) is 6.04. The molecule has 2 heterocycles. The highest BCUT2D eigenvalue weighted by molar-refractivity contribution is 7.14. The lowest BCUT2D eigenvalue weighted by molar-refractivity contribution is -0.119. The number of carbonyl (C=O) groups is 2. The zero-order chi connectivity index (χ0) is 14.5. The third-order valence-electron chi connectivity index (χ3n) is 2.45. The summed E-state index contributed by atoms with van der Waals surface area (Å²) < 4.78 is 9.83. The van der Waals surface area contributed by atoms with Crippen LogP contribution in [0.4, 0.5) is 5.00 Å². The van der Waals surface area contributed by atoms with Crippen LogP contribution >= 0.6 is 11.3 Å². The standard InChI is InChI=1S/C13H10N2O4S/c1-8-10(2-4-18-8)13(17)19-7-11(16)15-12-9(6-14)3-5-20-12/h2-5H,7H2,1H3,(H,15,16). The molecule has 0 aliphatic carbocycles. The number of nitrogens with zero attached hydrogens (tertiary/aromatic N) is 1. The largest absolute Gasteiger partial charge is 0.469 e. The summed E-state index contributed by atoms with van der Waals surface area (Å²) in [6, 6.07) is 5.02. The molecule has 102 valence electrons. The molecule has 1 amide bonds.